The van der Waals surface area contributed by atoms with Crippen LogP contribution in [0.5, 0.6) is 0 Å². The monoisotopic (exact) mass is 330 g/mol. The molecule has 2 aromatic carbocycles. The second-order valence-corrected chi connectivity index (χ2v) is 6.81. The summed E-state index contributed by atoms with van der Waals surface area (Å²) in [6, 6.07) is 17.3. The van der Waals surface area contributed by atoms with E-state index < -0.39 is 10.8 Å². The fourth-order valence-corrected chi connectivity index (χ4v) is 3.44. The van der Waals surface area contributed by atoms with Gasteiger partial charge in [0.25, 0.3) is 0 Å². The maximum Gasteiger partial charge on any atom is 0.224 e. The van der Waals surface area contributed by atoms with Gasteiger partial charge in [0, 0.05) is 34.4 Å². The number of benzene rings is 2. The molecule has 0 radical (unpaired) electrons. The first-order chi connectivity index (χ1) is 11.2. The molecule has 5 heteroatoms. The van der Waals surface area contributed by atoms with Crippen molar-refractivity contribution in [3.63, 3.8) is 0 Å². The maximum absolute atomic E-state index is 12.3. The van der Waals surface area contributed by atoms with Gasteiger partial charge in [-0.2, -0.15) is 0 Å². The number of amides is 1. The van der Waals surface area contributed by atoms with Crippen molar-refractivity contribution in [1.82, 2.24) is 0 Å². The normalized spacial score (nSPS) is 11.9. The lowest BCUT2D eigenvalue weighted by molar-refractivity contribution is -0.116. The molecule has 0 heterocycles. The second-order valence-electron chi connectivity index (χ2n) is 5.35. The van der Waals surface area contributed by atoms with Crippen LogP contribution in [-0.2, 0) is 27.1 Å². The highest BCUT2D eigenvalue weighted by atomic mass is 32.2. The molecule has 2 aromatic rings. The largest absolute Gasteiger partial charge is 0.330 e. The Morgan fingerprint density at radius 3 is 2.43 bits per heavy atom. The van der Waals surface area contributed by atoms with Gasteiger partial charge in [-0.15, -0.1) is 0 Å². The highest BCUT2D eigenvalue weighted by molar-refractivity contribution is 7.83. The number of nitrogens with two attached hydrogens (primary N) is 1. The summed E-state index contributed by atoms with van der Waals surface area (Å²) < 4.78 is 12.3. The van der Waals surface area contributed by atoms with E-state index >= 15 is 0 Å². The van der Waals surface area contributed by atoms with Crippen LogP contribution < -0.4 is 11.1 Å². The summed E-state index contributed by atoms with van der Waals surface area (Å²) in [7, 11) is -0.977. The predicted octanol–water partition coefficient (Wildman–Crippen LogP) is 2.81. The standard InChI is InChI=1S/C18H22N2O2S/c19-11-5-10-18(21)20-17-9-4-8-16(12-17)14-23(22)13-15-6-2-1-3-7-15/h1-4,6-9,12H,5,10-11,13-14,19H2,(H,20,21). The molecule has 0 fully saturated rings. The number of hydrogen-bond acceptors (Lipinski definition) is 3. The van der Waals surface area contributed by atoms with Gasteiger partial charge in [0.15, 0.2) is 0 Å². The van der Waals surface area contributed by atoms with E-state index in [1.165, 1.54) is 0 Å². The molecule has 0 saturated heterocycles. The summed E-state index contributed by atoms with van der Waals surface area (Å²) in [5.41, 5.74) is 8.16. The SMILES string of the molecule is NCCCC(=O)Nc1cccc(CS(=O)Cc2ccccc2)c1. The average molecular weight is 330 g/mol. The fourth-order valence-electron chi connectivity index (χ4n) is 2.22. The van der Waals surface area contributed by atoms with Gasteiger partial charge in [-0.3, -0.25) is 9.00 Å². The Balaban J connectivity index is 1.91. The van der Waals surface area contributed by atoms with E-state index in [9.17, 15) is 9.00 Å². The number of hydrogen-bond donors (Lipinski definition) is 2. The van der Waals surface area contributed by atoms with E-state index in [4.69, 9.17) is 5.73 Å². The van der Waals surface area contributed by atoms with Gasteiger partial charge in [0.2, 0.25) is 5.91 Å². The molecule has 3 N–H and O–H groups in total. The molecular weight excluding hydrogens is 308 g/mol. The molecule has 0 saturated carbocycles. The van der Waals surface area contributed by atoms with Crippen molar-refractivity contribution in [2.75, 3.05) is 11.9 Å². The number of carbonyl (C=O) groups excluding carboxylic acids is 1. The minimum atomic E-state index is -0.977. The van der Waals surface area contributed by atoms with Crippen LogP contribution in [0.15, 0.2) is 54.6 Å². The van der Waals surface area contributed by atoms with E-state index in [1.807, 2.05) is 54.6 Å². The van der Waals surface area contributed by atoms with Crippen molar-refractivity contribution in [2.24, 2.45) is 5.73 Å². The van der Waals surface area contributed by atoms with Crippen LogP contribution in [0, 0.1) is 0 Å². The molecule has 23 heavy (non-hydrogen) atoms. The predicted molar refractivity (Wildman–Crippen MR) is 95.4 cm³/mol. The minimum Gasteiger partial charge on any atom is -0.330 e. The smallest absolute Gasteiger partial charge is 0.224 e. The van der Waals surface area contributed by atoms with Crippen molar-refractivity contribution in [1.29, 1.82) is 0 Å². The van der Waals surface area contributed by atoms with E-state index in [0.29, 0.717) is 30.9 Å². The summed E-state index contributed by atoms with van der Waals surface area (Å²) in [5, 5.41) is 2.85. The third-order valence-corrected chi connectivity index (χ3v) is 4.63. The first-order valence-corrected chi connectivity index (χ1v) is 9.14. The lowest BCUT2D eigenvalue weighted by Crippen LogP contribution is -2.13. The van der Waals surface area contributed by atoms with Gasteiger partial charge in [0.1, 0.15) is 0 Å². The Kier molecular flexibility index (Phi) is 6.97. The lowest BCUT2D eigenvalue weighted by Gasteiger charge is -2.08. The first kappa shape index (κ1) is 17.4. The van der Waals surface area contributed by atoms with Gasteiger partial charge in [-0.1, -0.05) is 42.5 Å². The van der Waals surface area contributed by atoms with Gasteiger partial charge in [0.05, 0.1) is 0 Å². The van der Waals surface area contributed by atoms with E-state index in [1.54, 1.807) is 0 Å². The summed E-state index contributed by atoms with van der Waals surface area (Å²) in [4.78, 5) is 11.7. The van der Waals surface area contributed by atoms with Crippen molar-refractivity contribution in [2.45, 2.75) is 24.3 Å². The molecular formula is C18H22N2O2S. The topological polar surface area (TPSA) is 72.2 Å². The van der Waals surface area contributed by atoms with Crippen LogP contribution in [0.25, 0.3) is 0 Å². The van der Waals surface area contributed by atoms with Crippen LogP contribution in [0.1, 0.15) is 24.0 Å². The Labute approximate surface area is 139 Å². The Bertz CT molecular complexity index is 659. The molecule has 122 valence electrons. The van der Waals surface area contributed by atoms with Crippen LogP contribution in [0.4, 0.5) is 5.69 Å². The maximum atomic E-state index is 12.3. The second kappa shape index (κ2) is 9.22. The van der Waals surface area contributed by atoms with Crippen LogP contribution >= 0.6 is 0 Å². The van der Waals surface area contributed by atoms with E-state index in [2.05, 4.69) is 5.32 Å². The first-order valence-electron chi connectivity index (χ1n) is 7.65. The zero-order chi connectivity index (χ0) is 16.5. The number of carbonyl (C=O) groups is 1. The molecule has 0 spiro atoms. The third kappa shape index (κ3) is 6.34. The number of anilines is 1. The zero-order valence-corrected chi connectivity index (χ0v) is 13.9. The fraction of sp³-hybridized carbons (Fsp3) is 0.278. The molecule has 2 rings (SSSR count). The third-order valence-electron chi connectivity index (χ3n) is 3.32. The lowest BCUT2D eigenvalue weighted by atomic mass is 10.2. The van der Waals surface area contributed by atoms with Gasteiger partial charge < -0.3 is 11.1 Å². The average Bonchev–Trinajstić information content (AvgIpc) is 2.54. The Morgan fingerprint density at radius 1 is 1.00 bits per heavy atom. The van der Waals surface area contributed by atoms with Crippen molar-refractivity contribution < 1.29 is 9.00 Å². The molecule has 0 aromatic heterocycles. The summed E-state index contributed by atoms with van der Waals surface area (Å²) in [5.74, 6) is 0.966. The Hall–Kier alpha value is -1.98. The molecule has 0 aliphatic heterocycles. The van der Waals surface area contributed by atoms with Crippen molar-refractivity contribution in [3.8, 4) is 0 Å². The highest BCUT2D eigenvalue weighted by Gasteiger charge is 2.06. The number of nitrogens with one attached hydrogen (secondary N) is 1. The van der Waals surface area contributed by atoms with E-state index in [-0.39, 0.29) is 5.91 Å². The zero-order valence-electron chi connectivity index (χ0n) is 13.0. The molecule has 1 unspecified atom stereocenters. The van der Waals surface area contributed by atoms with Crippen LogP contribution in [-0.4, -0.2) is 16.7 Å². The highest BCUT2D eigenvalue weighted by Crippen LogP contribution is 2.14. The van der Waals surface area contributed by atoms with Crippen LogP contribution in [0.3, 0.4) is 0 Å². The van der Waals surface area contributed by atoms with Gasteiger partial charge in [-0.05, 0) is 36.2 Å². The van der Waals surface area contributed by atoms with Gasteiger partial charge in [-0.25, -0.2) is 0 Å². The molecule has 1 amide bonds. The quantitative estimate of drug-likeness (QED) is 0.782. The molecule has 4 nitrogen and oxygen atoms in total. The van der Waals surface area contributed by atoms with Crippen molar-refractivity contribution in [3.05, 3.63) is 65.7 Å². The summed E-state index contributed by atoms with van der Waals surface area (Å²) in [6.45, 7) is 0.506. The van der Waals surface area contributed by atoms with Crippen LogP contribution in [0.2, 0.25) is 0 Å². The summed E-state index contributed by atoms with van der Waals surface area (Å²) >= 11 is 0. The molecule has 0 bridgehead atoms. The molecule has 1 atom stereocenters. The van der Waals surface area contributed by atoms with Gasteiger partial charge >= 0.3 is 0 Å². The van der Waals surface area contributed by atoms with E-state index in [0.717, 1.165) is 16.8 Å². The molecule has 0 aliphatic rings. The Morgan fingerprint density at radius 2 is 1.70 bits per heavy atom. The number of rotatable bonds is 8. The van der Waals surface area contributed by atoms with Crippen molar-refractivity contribution >= 4 is 22.4 Å². The summed E-state index contributed by atoms with van der Waals surface area (Å²) in [6.07, 6.45) is 1.09. The molecule has 0 aliphatic carbocycles. The minimum absolute atomic E-state index is 0.0435.